The highest BCUT2D eigenvalue weighted by atomic mass is 16.5. The summed E-state index contributed by atoms with van der Waals surface area (Å²) in [5, 5.41) is 0. The van der Waals surface area contributed by atoms with Gasteiger partial charge in [-0.15, -0.1) is 0 Å². The fraction of sp³-hybridized carbons (Fsp3) is 0.455. The Bertz CT molecular complexity index is 382. The SMILES string of the molecule is COC(=O)c1ccc(C(=O)C(C)(C)C)o1. The van der Waals surface area contributed by atoms with Crippen LogP contribution in [0.1, 0.15) is 41.9 Å². The van der Waals surface area contributed by atoms with Crippen molar-refractivity contribution in [1.82, 2.24) is 0 Å². The normalized spacial score (nSPS) is 11.2. The highest BCUT2D eigenvalue weighted by Gasteiger charge is 2.26. The molecule has 4 nitrogen and oxygen atoms in total. The Hall–Kier alpha value is -1.58. The van der Waals surface area contributed by atoms with Crippen LogP contribution in [0.25, 0.3) is 0 Å². The molecule has 0 N–H and O–H groups in total. The molecule has 1 heterocycles. The third-order valence-electron chi connectivity index (χ3n) is 1.90. The van der Waals surface area contributed by atoms with Crippen LogP contribution in [0.5, 0.6) is 0 Å². The molecule has 1 aromatic heterocycles. The topological polar surface area (TPSA) is 56.5 Å². The van der Waals surface area contributed by atoms with Gasteiger partial charge in [0.05, 0.1) is 7.11 Å². The number of hydrogen-bond donors (Lipinski definition) is 0. The minimum absolute atomic E-state index is 0.0464. The summed E-state index contributed by atoms with van der Waals surface area (Å²) in [6.45, 7) is 5.36. The van der Waals surface area contributed by atoms with E-state index in [1.54, 1.807) is 20.8 Å². The van der Waals surface area contributed by atoms with Gasteiger partial charge in [-0.2, -0.15) is 0 Å². The zero-order valence-electron chi connectivity index (χ0n) is 9.29. The monoisotopic (exact) mass is 210 g/mol. The molecule has 0 saturated carbocycles. The number of Topliss-reactive ketones (excluding diaryl/α,β-unsaturated/α-hetero) is 1. The van der Waals surface area contributed by atoms with Gasteiger partial charge in [-0.1, -0.05) is 20.8 Å². The summed E-state index contributed by atoms with van der Waals surface area (Å²) in [5.74, 6) is -0.492. The molecule has 0 fully saturated rings. The van der Waals surface area contributed by atoms with Gasteiger partial charge in [0.15, 0.2) is 5.76 Å². The number of carbonyl (C=O) groups is 2. The van der Waals surface area contributed by atoms with E-state index in [1.807, 2.05) is 0 Å². The molecular weight excluding hydrogens is 196 g/mol. The first-order valence-electron chi connectivity index (χ1n) is 4.59. The van der Waals surface area contributed by atoms with Crippen LogP contribution < -0.4 is 0 Å². The lowest BCUT2D eigenvalue weighted by atomic mass is 9.89. The first-order chi connectivity index (χ1) is 6.86. The maximum Gasteiger partial charge on any atom is 0.373 e. The lowest BCUT2D eigenvalue weighted by Crippen LogP contribution is -2.19. The van der Waals surface area contributed by atoms with E-state index in [-0.39, 0.29) is 17.3 Å². The molecule has 0 aliphatic heterocycles. The van der Waals surface area contributed by atoms with Gasteiger partial charge in [0.25, 0.3) is 0 Å². The highest BCUT2D eigenvalue weighted by molar-refractivity contribution is 5.98. The number of methoxy groups -OCH3 is 1. The number of ketones is 1. The van der Waals surface area contributed by atoms with Crippen LogP contribution in [0.3, 0.4) is 0 Å². The molecule has 1 aromatic rings. The summed E-state index contributed by atoms with van der Waals surface area (Å²) in [4.78, 5) is 22.8. The Morgan fingerprint density at radius 3 is 2.20 bits per heavy atom. The second kappa shape index (κ2) is 3.88. The first kappa shape index (κ1) is 11.5. The van der Waals surface area contributed by atoms with Crippen LogP contribution >= 0.6 is 0 Å². The third-order valence-corrected chi connectivity index (χ3v) is 1.90. The zero-order chi connectivity index (χ0) is 11.6. The number of furan rings is 1. The minimum atomic E-state index is -0.581. The number of carbonyl (C=O) groups excluding carboxylic acids is 2. The summed E-state index contributed by atoms with van der Waals surface area (Å²) in [6, 6.07) is 2.92. The van der Waals surface area contributed by atoms with Gasteiger partial charge in [-0.25, -0.2) is 4.79 Å². The predicted octanol–water partition coefficient (Wildman–Crippen LogP) is 2.29. The third kappa shape index (κ3) is 2.46. The van der Waals surface area contributed by atoms with Crippen molar-refractivity contribution in [3.8, 4) is 0 Å². The molecule has 0 spiro atoms. The molecule has 4 heteroatoms. The lowest BCUT2D eigenvalue weighted by Gasteiger charge is -2.13. The average Bonchev–Trinajstić information content (AvgIpc) is 2.62. The van der Waals surface area contributed by atoms with Crippen LogP contribution in [-0.4, -0.2) is 18.9 Å². The van der Waals surface area contributed by atoms with Crippen molar-refractivity contribution in [2.45, 2.75) is 20.8 Å². The molecule has 1 rings (SSSR count). The summed E-state index contributed by atoms with van der Waals surface area (Å²) in [6.07, 6.45) is 0. The molecule has 0 aliphatic carbocycles. The summed E-state index contributed by atoms with van der Waals surface area (Å²) in [7, 11) is 1.26. The Balaban J connectivity index is 2.95. The molecule has 0 radical (unpaired) electrons. The predicted molar refractivity (Wildman–Crippen MR) is 53.8 cm³/mol. The fourth-order valence-corrected chi connectivity index (χ4v) is 1.04. The molecule has 0 bridgehead atoms. The van der Waals surface area contributed by atoms with Crippen molar-refractivity contribution in [2.75, 3.05) is 7.11 Å². The zero-order valence-corrected chi connectivity index (χ0v) is 9.29. The highest BCUT2D eigenvalue weighted by Crippen LogP contribution is 2.22. The Labute approximate surface area is 88.2 Å². The van der Waals surface area contributed by atoms with E-state index >= 15 is 0 Å². The van der Waals surface area contributed by atoms with Gasteiger partial charge in [-0.05, 0) is 12.1 Å². The number of hydrogen-bond acceptors (Lipinski definition) is 4. The van der Waals surface area contributed by atoms with Crippen molar-refractivity contribution in [1.29, 1.82) is 0 Å². The quantitative estimate of drug-likeness (QED) is 0.555. The molecule has 0 atom stereocenters. The van der Waals surface area contributed by atoms with Crippen LogP contribution in [0.4, 0.5) is 0 Å². The van der Waals surface area contributed by atoms with Gasteiger partial charge in [-0.3, -0.25) is 4.79 Å². The van der Waals surface area contributed by atoms with E-state index in [9.17, 15) is 9.59 Å². The van der Waals surface area contributed by atoms with Crippen LogP contribution in [0.15, 0.2) is 16.5 Å². The van der Waals surface area contributed by atoms with E-state index in [0.717, 1.165) is 0 Å². The van der Waals surface area contributed by atoms with E-state index in [4.69, 9.17) is 4.42 Å². The van der Waals surface area contributed by atoms with Crippen LogP contribution in [0, 0.1) is 5.41 Å². The summed E-state index contributed by atoms with van der Waals surface area (Å²) >= 11 is 0. The van der Waals surface area contributed by atoms with Gasteiger partial charge in [0, 0.05) is 5.41 Å². The molecular formula is C11H14O4. The average molecular weight is 210 g/mol. The van der Waals surface area contributed by atoms with Crippen molar-refractivity contribution in [3.63, 3.8) is 0 Å². The Morgan fingerprint density at radius 1 is 1.20 bits per heavy atom. The fourth-order valence-electron chi connectivity index (χ4n) is 1.04. The van der Waals surface area contributed by atoms with Gasteiger partial charge >= 0.3 is 5.97 Å². The van der Waals surface area contributed by atoms with Gasteiger partial charge < -0.3 is 9.15 Å². The molecule has 0 aliphatic rings. The van der Waals surface area contributed by atoms with Crippen LogP contribution in [-0.2, 0) is 4.74 Å². The van der Waals surface area contributed by atoms with Crippen LogP contribution in [0.2, 0.25) is 0 Å². The summed E-state index contributed by atoms with van der Waals surface area (Å²) in [5.41, 5.74) is -0.523. The Kier molecular flexibility index (Phi) is 2.98. The van der Waals surface area contributed by atoms with E-state index in [2.05, 4.69) is 4.74 Å². The minimum Gasteiger partial charge on any atom is -0.463 e. The maximum atomic E-state index is 11.7. The molecule has 82 valence electrons. The maximum absolute atomic E-state index is 11.7. The Morgan fingerprint density at radius 2 is 1.73 bits per heavy atom. The number of rotatable bonds is 2. The van der Waals surface area contributed by atoms with E-state index < -0.39 is 11.4 Å². The van der Waals surface area contributed by atoms with Crippen molar-refractivity contribution in [3.05, 3.63) is 23.7 Å². The largest absolute Gasteiger partial charge is 0.463 e. The van der Waals surface area contributed by atoms with E-state index in [1.165, 1.54) is 19.2 Å². The number of esters is 1. The second-order valence-electron chi connectivity index (χ2n) is 4.23. The first-order valence-corrected chi connectivity index (χ1v) is 4.59. The molecule has 0 unspecified atom stereocenters. The number of ether oxygens (including phenoxy) is 1. The van der Waals surface area contributed by atoms with Crippen molar-refractivity contribution >= 4 is 11.8 Å². The molecule has 0 aromatic carbocycles. The standard InChI is InChI=1S/C11H14O4/c1-11(2,3)9(12)7-5-6-8(15-7)10(13)14-4/h5-6H,1-4H3. The second-order valence-corrected chi connectivity index (χ2v) is 4.23. The van der Waals surface area contributed by atoms with Gasteiger partial charge in [0.1, 0.15) is 0 Å². The van der Waals surface area contributed by atoms with Crippen molar-refractivity contribution in [2.24, 2.45) is 5.41 Å². The van der Waals surface area contributed by atoms with Gasteiger partial charge in [0.2, 0.25) is 11.5 Å². The molecule has 0 saturated heterocycles. The lowest BCUT2D eigenvalue weighted by molar-refractivity contribution is 0.0561. The van der Waals surface area contributed by atoms with E-state index in [0.29, 0.717) is 0 Å². The molecule has 15 heavy (non-hydrogen) atoms. The van der Waals surface area contributed by atoms with Crippen molar-refractivity contribution < 1.29 is 18.7 Å². The molecule has 0 amide bonds. The summed E-state index contributed by atoms with van der Waals surface area (Å²) < 4.78 is 9.57. The smallest absolute Gasteiger partial charge is 0.373 e.